The molecular weight excluding hydrogens is 591 g/mol. The Bertz CT molecular complexity index is 1800. The number of benzene rings is 2. The highest BCUT2D eigenvalue weighted by Crippen LogP contribution is 2.46. The van der Waals surface area contributed by atoms with Gasteiger partial charge in [0.25, 0.3) is 11.8 Å². The number of aromatic nitrogens is 1. The van der Waals surface area contributed by atoms with E-state index in [0.717, 1.165) is 27.0 Å². The standard InChI is InChI=1S/C26H21N5O7S3/c1-37-30-18(15-9-40-26(27)28-15)22(33)29-19-23(34)31-20(25(35)36)17(10-39-24(19)31)41-12-5-6-16-14(7-12)13-4-2-3-11(8-32)21(13)38-16/h2-7,9,19,24,32H,8,10H2,1H3,(H2,27,28)(H,29,33)(H,35,36)/t19-,24+/m1/s1. The Balaban J connectivity index is 1.25. The van der Waals surface area contributed by atoms with E-state index >= 15 is 0 Å². The summed E-state index contributed by atoms with van der Waals surface area (Å²) in [5, 5.41) is 29.0. The number of fused-ring (bicyclic) bond motifs is 4. The van der Waals surface area contributed by atoms with Gasteiger partial charge in [-0.25, -0.2) is 9.78 Å². The number of thioether (sulfide) groups is 2. The summed E-state index contributed by atoms with van der Waals surface area (Å²) in [5.74, 6) is -2.17. The molecule has 6 rings (SSSR count). The van der Waals surface area contributed by atoms with Gasteiger partial charge in [-0.05, 0) is 18.2 Å². The summed E-state index contributed by atoms with van der Waals surface area (Å²) in [7, 11) is 1.28. The Morgan fingerprint density at radius 3 is 2.85 bits per heavy atom. The van der Waals surface area contributed by atoms with Crippen molar-refractivity contribution in [3.63, 3.8) is 0 Å². The minimum absolute atomic E-state index is 0.118. The molecule has 12 nitrogen and oxygen atoms in total. The van der Waals surface area contributed by atoms with E-state index in [0.29, 0.717) is 27.4 Å². The number of furan rings is 1. The SMILES string of the molecule is CON=C(C(=O)N[C@@H]1C(=O)N2C(C(=O)O)=C(Sc3ccc4oc5c(CO)cccc5c4c3)CS[C@@H]12)c1csc(N)n1. The van der Waals surface area contributed by atoms with E-state index in [-0.39, 0.29) is 28.8 Å². The summed E-state index contributed by atoms with van der Waals surface area (Å²) < 4.78 is 5.95. The second-order valence-electron chi connectivity index (χ2n) is 8.95. The van der Waals surface area contributed by atoms with Crippen molar-refractivity contribution in [3.05, 3.63) is 63.6 Å². The lowest BCUT2D eigenvalue weighted by molar-refractivity contribution is -0.150. The lowest BCUT2D eigenvalue weighted by Gasteiger charge is -2.49. The second kappa shape index (κ2) is 10.7. The van der Waals surface area contributed by atoms with Gasteiger partial charge in [-0.1, -0.05) is 35.1 Å². The molecule has 2 atom stereocenters. The molecule has 2 aromatic heterocycles. The normalized spacial score (nSPS) is 18.9. The van der Waals surface area contributed by atoms with Crippen molar-refractivity contribution in [2.75, 3.05) is 18.6 Å². The number of hydrogen-bond donors (Lipinski definition) is 4. The van der Waals surface area contributed by atoms with Crippen LogP contribution in [0.4, 0.5) is 5.13 Å². The van der Waals surface area contributed by atoms with Crippen LogP contribution in [0.3, 0.4) is 0 Å². The second-order valence-corrected chi connectivity index (χ2v) is 12.1. The molecule has 15 heteroatoms. The lowest BCUT2D eigenvalue weighted by Crippen LogP contribution is -2.71. The number of nitrogens with two attached hydrogens (primary N) is 1. The summed E-state index contributed by atoms with van der Waals surface area (Å²) in [6.07, 6.45) is 0. The minimum atomic E-state index is -1.24. The van der Waals surface area contributed by atoms with Gasteiger partial charge >= 0.3 is 5.97 Å². The topological polar surface area (TPSA) is 181 Å². The zero-order valence-electron chi connectivity index (χ0n) is 21.2. The van der Waals surface area contributed by atoms with Crippen LogP contribution < -0.4 is 11.1 Å². The van der Waals surface area contributed by atoms with Crippen LogP contribution in [-0.4, -0.2) is 67.9 Å². The minimum Gasteiger partial charge on any atom is -0.477 e. The van der Waals surface area contributed by atoms with E-state index in [4.69, 9.17) is 15.0 Å². The summed E-state index contributed by atoms with van der Waals surface area (Å²) in [6.45, 7) is -0.155. The van der Waals surface area contributed by atoms with Crippen LogP contribution in [0.1, 0.15) is 11.3 Å². The van der Waals surface area contributed by atoms with Gasteiger partial charge in [-0.2, -0.15) is 0 Å². The predicted molar refractivity (Wildman–Crippen MR) is 155 cm³/mol. The van der Waals surface area contributed by atoms with Crippen molar-refractivity contribution >= 4 is 85.4 Å². The summed E-state index contributed by atoms with van der Waals surface area (Å²) >= 11 is 3.73. The van der Waals surface area contributed by atoms with Crippen molar-refractivity contribution in [3.8, 4) is 0 Å². The highest BCUT2D eigenvalue weighted by atomic mass is 32.2. The van der Waals surface area contributed by atoms with Crippen LogP contribution in [0.15, 0.2) is 66.8 Å². The van der Waals surface area contributed by atoms with E-state index in [1.54, 1.807) is 17.5 Å². The largest absolute Gasteiger partial charge is 0.477 e. The molecule has 2 aliphatic heterocycles. The first kappa shape index (κ1) is 27.1. The van der Waals surface area contributed by atoms with Crippen LogP contribution in [0.5, 0.6) is 0 Å². The highest BCUT2D eigenvalue weighted by molar-refractivity contribution is 8.06. The quantitative estimate of drug-likeness (QED) is 0.131. The number of nitrogens with one attached hydrogen (secondary N) is 1. The maximum absolute atomic E-state index is 13.2. The smallest absolute Gasteiger partial charge is 0.353 e. The van der Waals surface area contributed by atoms with Crippen LogP contribution in [-0.2, 0) is 25.8 Å². The molecule has 2 aliphatic rings. The predicted octanol–water partition coefficient (Wildman–Crippen LogP) is 2.96. The van der Waals surface area contributed by atoms with Gasteiger partial charge in [0.05, 0.1) is 6.61 Å². The third kappa shape index (κ3) is 4.69. The molecule has 1 saturated heterocycles. The number of thiazole rings is 1. The average Bonchev–Trinajstić information content (AvgIpc) is 3.57. The van der Waals surface area contributed by atoms with Crippen molar-refractivity contribution in [1.29, 1.82) is 0 Å². The van der Waals surface area contributed by atoms with Gasteiger partial charge in [0.2, 0.25) is 0 Å². The Labute approximate surface area is 244 Å². The molecule has 41 heavy (non-hydrogen) atoms. The fourth-order valence-corrected chi connectivity index (χ4v) is 7.80. The molecule has 0 aliphatic carbocycles. The number of carboxylic acids is 1. The van der Waals surface area contributed by atoms with Crippen molar-refractivity contribution < 1.29 is 33.9 Å². The van der Waals surface area contributed by atoms with Gasteiger partial charge in [0.15, 0.2) is 10.8 Å². The van der Waals surface area contributed by atoms with E-state index in [1.165, 1.54) is 35.5 Å². The number of oxime groups is 1. The number of nitrogens with zero attached hydrogens (tertiary/aromatic N) is 3. The molecule has 5 N–H and O–H groups in total. The Morgan fingerprint density at radius 1 is 1.32 bits per heavy atom. The van der Waals surface area contributed by atoms with Crippen molar-refractivity contribution in [2.24, 2.45) is 5.16 Å². The van der Waals surface area contributed by atoms with Gasteiger partial charge < -0.3 is 30.5 Å². The molecule has 0 spiro atoms. The number of β-lactam (4-membered cyclic amide) rings is 1. The Hall–Kier alpha value is -4.05. The Morgan fingerprint density at radius 2 is 2.15 bits per heavy atom. The maximum Gasteiger partial charge on any atom is 0.353 e. The average molecular weight is 612 g/mol. The molecule has 0 saturated carbocycles. The van der Waals surface area contributed by atoms with Gasteiger partial charge in [-0.15, -0.1) is 23.1 Å². The molecule has 4 heterocycles. The highest BCUT2D eigenvalue weighted by Gasteiger charge is 2.54. The molecule has 2 aromatic carbocycles. The monoisotopic (exact) mass is 611 g/mol. The third-order valence-corrected chi connectivity index (χ3v) is 9.76. The number of rotatable bonds is 8. The van der Waals surface area contributed by atoms with E-state index in [9.17, 15) is 24.6 Å². The van der Waals surface area contributed by atoms with Crippen LogP contribution >= 0.6 is 34.9 Å². The van der Waals surface area contributed by atoms with Gasteiger partial charge in [0.1, 0.15) is 41.1 Å². The Kier molecular flexibility index (Phi) is 7.11. The zero-order chi connectivity index (χ0) is 28.8. The van der Waals surface area contributed by atoms with E-state index in [1.807, 2.05) is 24.3 Å². The number of anilines is 1. The molecule has 4 aromatic rings. The summed E-state index contributed by atoms with van der Waals surface area (Å²) in [5.41, 5.74) is 7.52. The molecular formula is C26H21N5O7S3. The number of carbonyl (C=O) groups is 3. The molecule has 2 amide bonds. The summed E-state index contributed by atoms with van der Waals surface area (Å²) in [6, 6.07) is 10.1. The number of para-hydroxylation sites is 1. The molecule has 0 radical (unpaired) electrons. The van der Waals surface area contributed by atoms with E-state index < -0.39 is 29.2 Å². The molecule has 0 bridgehead atoms. The van der Waals surface area contributed by atoms with Crippen LogP contribution in [0.2, 0.25) is 0 Å². The maximum atomic E-state index is 13.2. The molecule has 1 fully saturated rings. The number of aliphatic hydroxyl groups excluding tert-OH is 1. The number of nitrogen functional groups attached to an aromatic ring is 1. The number of amides is 2. The number of carboxylic acid groups (broad SMARTS) is 1. The van der Waals surface area contributed by atoms with Crippen LogP contribution in [0.25, 0.3) is 21.9 Å². The first-order valence-electron chi connectivity index (χ1n) is 12.1. The number of aliphatic hydroxyl groups is 1. The van der Waals surface area contributed by atoms with Gasteiger partial charge in [0, 0.05) is 37.3 Å². The molecule has 210 valence electrons. The number of carbonyl (C=O) groups excluding carboxylic acids is 2. The van der Waals surface area contributed by atoms with E-state index in [2.05, 4.69) is 15.5 Å². The van der Waals surface area contributed by atoms with Crippen LogP contribution in [0, 0.1) is 0 Å². The number of hydrogen-bond acceptors (Lipinski definition) is 12. The molecule has 0 unspecified atom stereocenters. The zero-order valence-corrected chi connectivity index (χ0v) is 23.6. The third-order valence-electron chi connectivity index (χ3n) is 6.55. The van der Waals surface area contributed by atoms with Gasteiger partial charge in [-0.3, -0.25) is 14.5 Å². The summed E-state index contributed by atoms with van der Waals surface area (Å²) in [4.78, 5) is 49.8. The first-order valence-corrected chi connectivity index (χ1v) is 14.8. The number of aliphatic carboxylic acids is 1. The fraction of sp³-hybridized carbons (Fsp3) is 0.192. The lowest BCUT2D eigenvalue weighted by atomic mass is 10.0. The first-order chi connectivity index (χ1) is 19.8. The fourth-order valence-electron chi connectivity index (χ4n) is 4.74. The van der Waals surface area contributed by atoms with Crippen molar-refractivity contribution in [1.82, 2.24) is 15.2 Å². The van der Waals surface area contributed by atoms with Crippen molar-refractivity contribution in [2.45, 2.75) is 22.9 Å².